The second kappa shape index (κ2) is 18.2. The van der Waals surface area contributed by atoms with Gasteiger partial charge in [0.15, 0.2) is 5.78 Å². The van der Waals surface area contributed by atoms with Crippen molar-refractivity contribution in [3.63, 3.8) is 0 Å². The van der Waals surface area contributed by atoms with Crippen molar-refractivity contribution in [2.45, 2.75) is 33.9 Å². The molecule has 0 atom stereocenters. The molecule has 0 fully saturated rings. The van der Waals surface area contributed by atoms with E-state index in [0.717, 1.165) is 0 Å². The maximum absolute atomic E-state index is 11.3. The number of ether oxygens (including phenoxy) is 1. The van der Waals surface area contributed by atoms with E-state index in [1.54, 1.807) is 26.0 Å². The molecule has 0 unspecified atom stereocenters. The molecule has 0 radical (unpaired) electrons. The van der Waals surface area contributed by atoms with E-state index in [9.17, 15) is 34.2 Å². The van der Waals surface area contributed by atoms with Crippen molar-refractivity contribution in [2.24, 2.45) is 0 Å². The maximum atomic E-state index is 11.3. The average Bonchev–Trinajstić information content (AvgIpc) is 2.94. The minimum Gasteiger partial charge on any atom is -0.507 e. The fourth-order valence-corrected chi connectivity index (χ4v) is 2.64. The van der Waals surface area contributed by atoms with Crippen LogP contribution in [0.2, 0.25) is 0 Å². The molecule has 12 heteroatoms. The van der Waals surface area contributed by atoms with Crippen LogP contribution in [0.1, 0.15) is 52.6 Å². The number of aliphatic hydroxyl groups is 1. The normalized spacial score (nSPS) is 9.45. The molecule has 0 aliphatic heterocycles. The van der Waals surface area contributed by atoms with E-state index in [0.29, 0.717) is 22.3 Å². The SMILES string of the molecule is C=C(C)C(=O)NCc1ccc(C(=O)CO)c(O)c1.C=C(C)C(=O)NCc1ccc(C(=O)OC)c(O)c1.C=C(C)C(=O)O. The number of benzene rings is 2. The number of rotatable bonds is 10. The molecule has 0 bridgehead atoms. The van der Waals surface area contributed by atoms with Crippen molar-refractivity contribution in [2.75, 3.05) is 13.7 Å². The van der Waals surface area contributed by atoms with E-state index in [1.165, 1.54) is 38.3 Å². The second-order valence-electron chi connectivity index (χ2n) is 8.79. The zero-order chi connectivity index (χ0) is 32.6. The number of carboxylic acid groups (broad SMARTS) is 1. The average molecular weight is 585 g/mol. The number of carbonyl (C=O) groups is 5. The second-order valence-corrected chi connectivity index (χ2v) is 8.79. The predicted octanol–water partition coefficient (Wildman–Crippen LogP) is 2.78. The Balaban J connectivity index is 0.000000672. The van der Waals surface area contributed by atoms with Gasteiger partial charge in [0.2, 0.25) is 11.8 Å². The Hall–Kier alpha value is -5.23. The fraction of sp³-hybridized carbons (Fsp3) is 0.233. The number of aliphatic carboxylic acids is 1. The minimum absolute atomic E-state index is 0.0625. The predicted molar refractivity (Wildman–Crippen MR) is 155 cm³/mol. The summed E-state index contributed by atoms with van der Waals surface area (Å²) in [6, 6.07) is 8.87. The lowest BCUT2D eigenvalue weighted by Crippen LogP contribution is -2.23. The molecule has 0 saturated heterocycles. The molecule has 2 aromatic carbocycles. The van der Waals surface area contributed by atoms with Gasteiger partial charge in [0.1, 0.15) is 23.7 Å². The van der Waals surface area contributed by atoms with Crippen LogP contribution >= 0.6 is 0 Å². The zero-order valence-corrected chi connectivity index (χ0v) is 23.9. The van der Waals surface area contributed by atoms with Gasteiger partial charge >= 0.3 is 11.9 Å². The molecule has 0 heterocycles. The summed E-state index contributed by atoms with van der Waals surface area (Å²) in [5, 5.41) is 41.1. The number of Topliss-reactive ketones (excluding diaryl/α,β-unsaturated/α-hetero) is 1. The molecule has 0 saturated carbocycles. The Labute approximate surface area is 243 Å². The topological polar surface area (TPSA) is 200 Å². The molecule has 2 amide bonds. The summed E-state index contributed by atoms with van der Waals surface area (Å²) in [4.78, 5) is 54.6. The number of hydrogen-bond donors (Lipinski definition) is 6. The summed E-state index contributed by atoms with van der Waals surface area (Å²) >= 11 is 0. The Morgan fingerprint density at radius 3 is 1.40 bits per heavy atom. The van der Waals surface area contributed by atoms with Crippen LogP contribution in [-0.4, -0.2) is 63.7 Å². The third kappa shape index (κ3) is 13.2. The van der Waals surface area contributed by atoms with E-state index >= 15 is 0 Å². The summed E-state index contributed by atoms with van der Waals surface area (Å²) in [5.41, 5.74) is 2.46. The summed E-state index contributed by atoms with van der Waals surface area (Å²) in [5.74, 6) is -3.01. The van der Waals surface area contributed by atoms with Gasteiger partial charge in [-0.05, 0) is 56.2 Å². The number of aromatic hydroxyl groups is 2. The molecule has 2 aromatic rings. The monoisotopic (exact) mass is 584 g/mol. The Kier molecular flexibility index (Phi) is 15.9. The largest absolute Gasteiger partial charge is 0.507 e. The number of phenols is 2. The van der Waals surface area contributed by atoms with Crippen molar-refractivity contribution < 1.29 is 49.1 Å². The summed E-state index contributed by atoms with van der Waals surface area (Å²) in [6.45, 7) is 14.6. The number of methoxy groups -OCH3 is 1. The van der Waals surface area contributed by atoms with Gasteiger partial charge in [0.05, 0.1) is 12.7 Å². The van der Waals surface area contributed by atoms with Crippen LogP contribution in [0.25, 0.3) is 0 Å². The Bertz CT molecular complexity index is 1260. The van der Waals surface area contributed by atoms with Crippen molar-refractivity contribution in [3.05, 3.63) is 95.1 Å². The Morgan fingerprint density at radius 1 is 0.738 bits per heavy atom. The molecule has 2 rings (SSSR count). The minimum atomic E-state index is -0.935. The fourth-order valence-electron chi connectivity index (χ4n) is 2.64. The van der Waals surface area contributed by atoms with Gasteiger partial charge in [0.25, 0.3) is 0 Å². The summed E-state index contributed by atoms with van der Waals surface area (Å²) in [6.07, 6.45) is 0. The van der Waals surface area contributed by atoms with Crippen LogP contribution in [0, 0.1) is 0 Å². The van der Waals surface area contributed by atoms with Crippen molar-refractivity contribution in [1.82, 2.24) is 10.6 Å². The Morgan fingerprint density at radius 2 is 1.12 bits per heavy atom. The van der Waals surface area contributed by atoms with Crippen molar-refractivity contribution in [3.8, 4) is 11.5 Å². The van der Waals surface area contributed by atoms with E-state index in [1.807, 2.05) is 0 Å². The third-order valence-electron chi connectivity index (χ3n) is 5.02. The lowest BCUT2D eigenvalue weighted by molar-refractivity contribution is -0.132. The molecular weight excluding hydrogens is 548 g/mol. The number of esters is 1. The molecular formula is C30H36N2O10. The van der Waals surface area contributed by atoms with Gasteiger partial charge in [-0.2, -0.15) is 0 Å². The molecule has 0 aromatic heterocycles. The standard InChI is InChI=1S/2C13H15NO4.C4H6O2/c1-8(2)12(16)14-7-9-4-5-10(11(15)6-9)13(17)18-3;1-8(2)13(18)14-6-9-3-4-10(11(16)5-9)12(17)7-15;1-3(2)4(5)6/h4-6,15H,1,7H2,2-3H3,(H,14,16);3-5,15-16H,1,6-7H2,2H3,(H,14,18);1H2,2H3,(H,5,6). The van der Waals surface area contributed by atoms with Crippen LogP contribution in [0.4, 0.5) is 0 Å². The van der Waals surface area contributed by atoms with Crippen LogP contribution in [0.15, 0.2) is 72.9 Å². The van der Waals surface area contributed by atoms with Crippen LogP contribution in [0.5, 0.6) is 11.5 Å². The van der Waals surface area contributed by atoms with Gasteiger partial charge in [-0.25, -0.2) is 9.59 Å². The van der Waals surface area contributed by atoms with Gasteiger partial charge in [-0.1, -0.05) is 31.9 Å². The first-order valence-corrected chi connectivity index (χ1v) is 12.2. The summed E-state index contributed by atoms with van der Waals surface area (Å²) in [7, 11) is 1.24. The van der Waals surface area contributed by atoms with E-state index < -0.39 is 24.3 Å². The number of amides is 2. The molecule has 0 spiro atoms. The first-order valence-electron chi connectivity index (χ1n) is 12.2. The molecule has 226 valence electrons. The maximum Gasteiger partial charge on any atom is 0.341 e. The van der Waals surface area contributed by atoms with E-state index in [2.05, 4.69) is 35.1 Å². The number of hydrogen-bond acceptors (Lipinski definition) is 9. The van der Waals surface area contributed by atoms with Gasteiger partial charge < -0.3 is 35.8 Å². The quantitative estimate of drug-likeness (QED) is 0.137. The zero-order valence-electron chi connectivity index (χ0n) is 23.9. The number of carboxylic acids is 1. The van der Waals surface area contributed by atoms with E-state index in [4.69, 9.17) is 10.2 Å². The number of carbonyl (C=O) groups excluding carboxylic acids is 4. The summed E-state index contributed by atoms with van der Waals surface area (Å²) < 4.78 is 4.51. The highest BCUT2D eigenvalue weighted by atomic mass is 16.5. The van der Waals surface area contributed by atoms with Crippen LogP contribution in [0.3, 0.4) is 0 Å². The van der Waals surface area contributed by atoms with Gasteiger partial charge in [-0.15, -0.1) is 0 Å². The van der Waals surface area contributed by atoms with Crippen molar-refractivity contribution >= 4 is 29.5 Å². The molecule has 12 nitrogen and oxygen atoms in total. The smallest absolute Gasteiger partial charge is 0.341 e. The third-order valence-corrected chi connectivity index (χ3v) is 5.02. The van der Waals surface area contributed by atoms with Crippen LogP contribution < -0.4 is 10.6 Å². The van der Waals surface area contributed by atoms with Crippen molar-refractivity contribution in [1.29, 1.82) is 0 Å². The lowest BCUT2D eigenvalue weighted by Gasteiger charge is -2.07. The van der Waals surface area contributed by atoms with Crippen LogP contribution in [-0.2, 0) is 32.2 Å². The molecule has 0 aliphatic carbocycles. The lowest BCUT2D eigenvalue weighted by atomic mass is 10.1. The first kappa shape index (κ1) is 36.8. The highest BCUT2D eigenvalue weighted by molar-refractivity contribution is 5.99. The number of aliphatic hydroxyl groups excluding tert-OH is 1. The van der Waals surface area contributed by atoms with Gasteiger partial charge in [-0.3, -0.25) is 14.4 Å². The number of nitrogens with one attached hydrogen (secondary N) is 2. The molecule has 6 N–H and O–H groups in total. The first-order chi connectivity index (χ1) is 19.5. The number of ketones is 1. The highest BCUT2D eigenvalue weighted by Crippen LogP contribution is 2.20. The number of phenolic OH excluding ortho intramolecular Hbond substituents is 2. The van der Waals surface area contributed by atoms with Gasteiger partial charge in [0, 0.05) is 29.8 Å². The molecule has 0 aliphatic rings. The van der Waals surface area contributed by atoms with E-state index in [-0.39, 0.29) is 53.1 Å². The highest BCUT2D eigenvalue weighted by Gasteiger charge is 2.12. The molecule has 42 heavy (non-hydrogen) atoms.